The van der Waals surface area contributed by atoms with Crippen molar-refractivity contribution in [3.05, 3.63) is 179 Å². The van der Waals surface area contributed by atoms with Crippen LogP contribution in [0.1, 0.15) is 62.4 Å². The zero-order chi connectivity index (χ0) is 56.4. The minimum absolute atomic E-state index is 0.0713. The number of hydrogen-bond donors (Lipinski definition) is 3. The van der Waals surface area contributed by atoms with Crippen LogP contribution >= 0.6 is 0 Å². The molecule has 2 amide bonds. The molecule has 0 saturated carbocycles. The summed E-state index contributed by atoms with van der Waals surface area (Å²) in [6, 6.07) is 45.0. The van der Waals surface area contributed by atoms with Crippen molar-refractivity contribution in [1.82, 2.24) is 10.6 Å². The molecule has 19 nitrogen and oxygen atoms in total. The van der Waals surface area contributed by atoms with Crippen LogP contribution in [0.25, 0.3) is 0 Å². The van der Waals surface area contributed by atoms with Gasteiger partial charge >= 0.3 is 11.9 Å². The highest BCUT2D eigenvalue weighted by molar-refractivity contribution is 5.74. The molecule has 0 unspecified atom stereocenters. The summed E-state index contributed by atoms with van der Waals surface area (Å²) in [6.07, 6.45) is -16.4. The molecule has 0 aliphatic carbocycles. The number of carbonyl (C=O) groups excluding carboxylic acids is 4. The van der Waals surface area contributed by atoms with Gasteiger partial charge in [-0.15, -0.1) is 0 Å². The van der Waals surface area contributed by atoms with Crippen molar-refractivity contribution in [1.29, 1.82) is 0 Å². The molecule has 8 rings (SSSR count). The first-order valence-electron chi connectivity index (χ1n) is 26.8. The second-order valence-corrected chi connectivity index (χ2v) is 19.9. The van der Waals surface area contributed by atoms with Crippen molar-refractivity contribution < 1.29 is 81.1 Å². The molecule has 80 heavy (non-hydrogen) atoms. The van der Waals surface area contributed by atoms with E-state index in [2.05, 4.69) is 10.6 Å². The molecule has 428 valence electrons. The van der Waals surface area contributed by atoms with Crippen LogP contribution in [0.3, 0.4) is 0 Å². The fourth-order valence-electron chi connectivity index (χ4n) is 10.0. The summed E-state index contributed by atoms with van der Waals surface area (Å²) >= 11 is 0. The van der Waals surface area contributed by atoms with Crippen molar-refractivity contribution in [2.24, 2.45) is 0 Å². The minimum Gasteiger partial charge on any atom is -0.456 e. The largest absolute Gasteiger partial charge is 0.456 e. The lowest BCUT2D eigenvalue weighted by molar-refractivity contribution is -0.374. The van der Waals surface area contributed by atoms with Gasteiger partial charge in [0.15, 0.2) is 31.1 Å². The van der Waals surface area contributed by atoms with Gasteiger partial charge < -0.3 is 72.6 Å². The molecule has 5 aromatic rings. The second-order valence-electron chi connectivity index (χ2n) is 19.9. The summed E-state index contributed by atoms with van der Waals surface area (Å²) in [5.74, 6) is -2.64. The number of ether oxygens (including phenoxy) is 12. The van der Waals surface area contributed by atoms with Crippen LogP contribution in [0, 0.1) is 0 Å². The Balaban J connectivity index is 1.21. The molecule has 3 saturated heterocycles. The van der Waals surface area contributed by atoms with Crippen molar-refractivity contribution in [3.8, 4) is 0 Å². The van der Waals surface area contributed by atoms with E-state index in [-0.39, 0.29) is 46.2 Å². The molecule has 3 aliphatic heterocycles. The third-order valence-electron chi connectivity index (χ3n) is 13.6. The average Bonchev–Trinajstić information content (AvgIpc) is 3.45. The van der Waals surface area contributed by atoms with Gasteiger partial charge in [0.25, 0.3) is 0 Å². The topological polar surface area (TPSA) is 223 Å². The van der Waals surface area contributed by atoms with E-state index in [1.807, 2.05) is 159 Å². The number of aliphatic hydroxyl groups excluding tert-OH is 1. The van der Waals surface area contributed by atoms with Gasteiger partial charge in [0, 0.05) is 27.7 Å². The van der Waals surface area contributed by atoms with Gasteiger partial charge in [0.05, 0.1) is 58.4 Å². The number of carbonyl (C=O) groups is 4. The van der Waals surface area contributed by atoms with Gasteiger partial charge in [-0.1, -0.05) is 152 Å². The lowest BCUT2D eigenvalue weighted by atomic mass is 9.93. The summed E-state index contributed by atoms with van der Waals surface area (Å²) < 4.78 is 79.1. The number of hydrogen-bond acceptors (Lipinski definition) is 17. The summed E-state index contributed by atoms with van der Waals surface area (Å²) in [6.45, 7) is 6.96. The van der Waals surface area contributed by atoms with Crippen molar-refractivity contribution in [2.75, 3.05) is 13.2 Å². The Morgan fingerprint density at radius 3 is 1.27 bits per heavy atom. The molecular formula is C61H72N2O17. The van der Waals surface area contributed by atoms with E-state index in [9.17, 15) is 24.3 Å². The first kappa shape index (κ1) is 59.7. The summed E-state index contributed by atoms with van der Waals surface area (Å²) in [4.78, 5) is 52.5. The van der Waals surface area contributed by atoms with Crippen molar-refractivity contribution in [3.63, 3.8) is 0 Å². The third kappa shape index (κ3) is 17.0. The van der Waals surface area contributed by atoms with Gasteiger partial charge in [-0.25, -0.2) is 0 Å². The first-order chi connectivity index (χ1) is 38.8. The zero-order valence-electron chi connectivity index (χ0n) is 45.5. The Morgan fingerprint density at radius 2 is 0.812 bits per heavy atom. The zero-order valence-corrected chi connectivity index (χ0v) is 45.5. The standard InChI is InChI=1S/C61H72N2O17/c1-38-52(71-33-45-25-15-8-16-26-45)56(72-34-46-27-17-9-18-28-46)57(73-35-47-29-19-10-20-30-47)60(74-38)80-55-51(63-40(3)65)59(68)77-49(37-70-32-44-23-13-7-14-24-44)53(55)79-61-58(76-42(5)67)54(75-41(4)66)50(62-39(2)64)48(78-61)36-69-31-43-21-11-6-12-22-43/h6-30,38,48-61,68H,31-37H2,1-5H3,(H,62,64)(H,63,65)/t38-,48+,49+,50-,51+,52+,53+,54-,55+,56+,57-,58+,59+,60-,61-/m0/s1. The number of aliphatic hydroxyl groups is 1. The molecule has 3 heterocycles. The van der Waals surface area contributed by atoms with E-state index in [0.717, 1.165) is 34.7 Å². The smallest absolute Gasteiger partial charge is 0.303 e. The average molecular weight is 1110 g/mol. The number of nitrogens with one attached hydrogen (secondary N) is 2. The SMILES string of the molecule is CC(=O)N[C@@H]1[C@@H](O[C@@H]2O[C@@H](C)[C@@H](OCc3ccccc3)[C@@H](OCc3ccccc3)[C@@H]2OCc2ccccc2)[C@H](O[C@@H]2O[C@H](COCc3ccccc3)[C@H](NC(C)=O)[C@H](OC(C)=O)[C@H]2OC(C)=O)[C@@H](COCc2ccccc2)O[C@H]1O. The molecule has 0 radical (unpaired) electrons. The molecule has 0 aromatic heterocycles. The Morgan fingerprint density at radius 1 is 0.425 bits per heavy atom. The van der Waals surface area contributed by atoms with Gasteiger partial charge in [0.1, 0.15) is 48.8 Å². The maximum atomic E-state index is 13.3. The molecule has 0 spiro atoms. The second kappa shape index (κ2) is 29.8. The van der Waals surface area contributed by atoms with Crippen LogP contribution in [0.4, 0.5) is 0 Å². The molecular weight excluding hydrogens is 1030 g/mol. The fourth-order valence-corrected chi connectivity index (χ4v) is 10.0. The molecule has 3 N–H and O–H groups in total. The molecule has 3 fully saturated rings. The Kier molecular flexibility index (Phi) is 22.3. The number of rotatable bonds is 25. The van der Waals surface area contributed by atoms with Gasteiger partial charge in [-0.05, 0) is 34.7 Å². The van der Waals surface area contributed by atoms with E-state index >= 15 is 0 Å². The lowest BCUT2D eigenvalue weighted by Crippen LogP contribution is -2.71. The summed E-state index contributed by atoms with van der Waals surface area (Å²) in [5.41, 5.74) is 4.29. The van der Waals surface area contributed by atoms with E-state index in [1.54, 1.807) is 0 Å². The van der Waals surface area contributed by atoms with Gasteiger partial charge in [-0.3, -0.25) is 19.2 Å². The van der Waals surface area contributed by atoms with Gasteiger partial charge in [-0.2, -0.15) is 0 Å². The van der Waals surface area contributed by atoms with Crippen molar-refractivity contribution >= 4 is 23.8 Å². The molecule has 19 heteroatoms. The molecule has 5 aromatic carbocycles. The molecule has 15 atom stereocenters. The Labute approximate surface area is 466 Å². The number of benzene rings is 5. The summed E-state index contributed by atoms with van der Waals surface area (Å²) in [7, 11) is 0. The van der Waals surface area contributed by atoms with Crippen LogP contribution in [0.2, 0.25) is 0 Å². The lowest BCUT2D eigenvalue weighted by Gasteiger charge is -2.51. The number of amides is 2. The van der Waals surface area contributed by atoms with Crippen LogP contribution < -0.4 is 10.6 Å². The monoisotopic (exact) mass is 1100 g/mol. The third-order valence-corrected chi connectivity index (χ3v) is 13.6. The fraction of sp³-hybridized carbons (Fsp3) is 0.443. The Hall–Kier alpha value is -6.46. The molecule has 3 aliphatic rings. The van der Waals surface area contributed by atoms with Gasteiger partial charge in [0.2, 0.25) is 11.8 Å². The van der Waals surface area contributed by atoms with Crippen LogP contribution in [-0.4, -0.2) is 134 Å². The van der Waals surface area contributed by atoms with E-state index in [1.165, 1.54) is 20.8 Å². The minimum atomic E-state index is -1.75. The van der Waals surface area contributed by atoms with Crippen LogP contribution in [0.15, 0.2) is 152 Å². The van der Waals surface area contributed by atoms with E-state index in [0.29, 0.717) is 0 Å². The highest BCUT2D eigenvalue weighted by Crippen LogP contribution is 2.37. The number of esters is 2. The van der Waals surface area contributed by atoms with Crippen LogP contribution in [-0.2, 0) is 109 Å². The highest BCUT2D eigenvalue weighted by atomic mass is 16.8. The van der Waals surface area contributed by atoms with E-state index < -0.39 is 116 Å². The summed E-state index contributed by atoms with van der Waals surface area (Å²) in [5, 5.41) is 17.7. The quantitative estimate of drug-likeness (QED) is 0.0570. The van der Waals surface area contributed by atoms with Crippen molar-refractivity contribution in [2.45, 2.75) is 160 Å². The first-order valence-corrected chi connectivity index (χ1v) is 26.8. The predicted molar refractivity (Wildman–Crippen MR) is 287 cm³/mol. The van der Waals surface area contributed by atoms with E-state index in [4.69, 9.17) is 56.8 Å². The molecule has 0 bridgehead atoms. The normalized spacial score (nSPS) is 28.5. The predicted octanol–water partition coefficient (Wildman–Crippen LogP) is 6.01. The highest BCUT2D eigenvalue weighted by Gasteiger charge is 2.57. The Bertz CT molecular complexity index is 2680. The maximum Gasteiger partial charge on any atom is 0.303 e. The van der Waals surface area contributed by atoms with Crippen LogP contribution in [0.5, 0.6) is 0 Å². The maximum absolute atomic E-state index is 13.3.